The van der Waals surface area contributed by atoms with Gasteiger partial charge in [-0.3, -0.25) is 4.79 Å². The van der Waals surface area contributed by atoms with Crippen molar-refractivity contribution in [3.63, 3.8) is 0 Å². The van der Waals surface area contributed by atoms with Gasteiger partial charge in [0.15, 0.2) is 0 Å². The number of hydrogen-bond acceptors (Lipinski definition) is 3. The van der Waals surface area contributed by atoms with Crippen molar-refractivity contribution in [1.29, 1.82) is 0 Å². The Kier molecular flexibility index (Phi) is 2.65. The van der Waals surface area contributed by atoms with Crippen molar-refractivity contribution in [2.24, 2.45) is 5.92 Å². The second-order valence-electron chi connectivity index (χ2n) is 4.36. The Morgan fingerprint density at radius 1 is 1.27 bits per heavy atom. The highest BCUT2D eigenvalue weighted by Crippen LogP contribution is 2.31. The molecule has 2 fully saturated rings. The molecule has 0 aromatic carbocycles. The number of nitrogens with zero attached hydrogens (tertiary/aromatic N) is 1. The van der Waals surface area contributed by atoms with E-state index in [1.807, 2.05) is 0 Å². The van der Waals surface area contributed by atoms with Gasteiger partial charge in [-0.1, -0.05) is 6.42 Å². The minimum absolute atomic E-state index is 0.00264. The quantitative estimate of drug-likeness (QED) is 0.667. The van der Waals surface area contributed by atoms with E-state index < -0.39 is 18.1 Å². The molecule has 5 heteroatoms. The van der Waals surface area contributed by atoms with Gasteiger partial charge in [-0.15, -0.1) is 0 Å². The molecule has 15 heavy (non-hydrogen) atoms. The maximum absolute atomic E-state index is 11.8. The van der Waals surface area contributed by atoms with E-state index in [1.165, 1.54) is 4.90 Å². The van der Waals surface area contributed by atoms with Gasteiger partial charge in [0.05, 0.1) is 6.10 Å². The molecule has 2 N–H and O–H groups in total. The number of carbonyl (C=O) groups is 2. The maximum atomic E-state index is 11.8. The van der Waals surface area contributed by atoms with Crippen LogP contribution >= 0.6 is 0 Å². The average Bonchev–Trinajstić information content (AvgIpc) is 2.44. The third kappa shape index (κ3) is 1.84. The minimum Gasteiger partial charge on any atom is -0.480 e. The molecule has 0 unspecified atom stereocenters. The van der Waals surface area contributed by atoms with E-state index in [-0.39, 0.29) is 24.8 Å². The van der Waals surface area contributed by atoms with Crippen LogP contribution in [0.25, 0.3) is 0 Å². The van der Waals surface area contributed by atoms with Gasteiger partial charge in [0, 0.05) is 18.9 Å². The molecule has 0 aromatic rings. The Labute approximate surface area is 87.7 Å². The Bertz CT molecular complexity index is 287. The number of amides is 1. The molecule has 1 heterocycles. The molecule has 1 amide bonds. The van der Waals surface area contributed by atoms with Crippen molar-refractivity contribution < 1.29 is 19.8 Å². The zero-order valence-corrected chi connectivity index (χ0v) is 8.43. The van der Waals surface area contributed by atoms with E-state index in [4.69, 9.17) is 5.11 Å². The molecule has 2 atom stereocenters. The first-order valence-electron chi connectivity index (χ1n) is 5.31. The van der Waals surface area contributed by atoms with Crippen LogP contribution < -0.4 is 0 Å². The number of aliphatic hydroxyl groups excluding tert-OH is 1. The number of carboxylic acid groups (broad SMARTS) is 1. The highest BCUT2D eigenvalue weighted by atomic mass is 16.4. The Balaban J connectivity index is 2.05. The van der Waals surface area contributed by atoms with E-state index in [0.29, 0.717) is 0 Å². The van der Waals surface area contributed by atoms with Crippen LogP contribution in [0.15, 0.2) is 0 Å². The van der Waals surface area contributed by atoms with E-state index in [1.54, 1.807) is 0 Å². The lowest BCUT2D eigenvalue weighted by Gasteiger charge is -2.31. The van der Waals surface area contributed by atoms with Gasteiger partial charge < -0.3 is 15.1 Å². The van der Waals surface area contributed by atoms with Crippen molar-refractivity contribution in [2.75, 3.05) is 6.54 Å². The van der Waals surface area contributed by atoms with Gasteiger partial charge in [0.25, 0.3) is 0 Å². The Morgan fingerprint density at radius 2 is 1.93 bits per heavy atom. The van der Waals surface area contributed by atoms with Gasteiger partial charge in [-0.2, -0.15) is 0 Å². The van der Waals surface area contributed by atoms with Crippen LogP contribution in [0.2, 0.25) is 0 Å². The molecule has 84 valence electrons. The third-order valence-corrected chi connectivity index (χ3v) is 3.30. The summed E-state index contributed by atoms with van der Waals surface area (Å²) in [6.45, 7) is 0.173. The number of likely N-dealkylation sites (tertiary alicyclic amines) is 1. The second-order valence-corrected chi connectivity index (χ2v) is 4.36. The molecule has 2 aliphatic rings. The molecular formula is C10H15NO4. The number of carbonyl (C=O) groups excluding carboxylic acids is 1. The molecule has 2 rings (SSSR count). The zero-order valence-electron chi connectivity index (χ0n) is 8.43. The van der Waals surface area contributed by atoms with Gasteiger partial charge in [-0.25, -0.2) is 4.79 Å². The van der Waals surface area contributed by atoms with Crippen molar-refractivity contribution in [3.8, 4) is 0 Å². The molecular weight excluding hydrogens is 198 g/mol. The van der Waals surface area contributed by atoms with Crippen molar-refractivity contribution in [1.82, 2.24) is 4.90 Å². The van der Waals surface area contributed by atoms with Gasteiger partial charge in [0.2, 0.25) is 5.91 Å². The summed E-state index contributed by atoms with van der Waals surface area (Å²) in [5.74, 6) is -1.11. The summed E-state index contributed by atoms with van der Waals surface area (Å²) >= 11 is 0. The third-order valence-electron chi connectivity index (χ3n) is 3.30. The molecule has 0 spiro atoms. The predicted molar refractivity (Wildman–Crippen MR) is 51.1 cm³/mol. The predicted octanol–water partition coefficient (Wildman–Crippen LogP) is -0.167. The van der Waals surface area contributed by atoms with Crippen LogP contribution in [0.5, 0.6) is 0 Å². The number of aliphatic carboxylic acids is 1. The summed E-state index contributed by atoms with van der Waals surface area (Å²) in [6, 6.07) is -0.826. The fraction of sp³-hybridized carbons (Fsp3) is 0.800. The second kappa shape index (κ2) is 3.81. The number of rotatable bonds is 2. The standard InChI is InChI=1S/C10H15NO4/c12-7-4-8(10(14)15)11(5-7)9(13)6-2-1-3-6/h6-8,12H,1-5H2,(H,14,15)/t7-,8-/m1/s1. The summed E-state index contributed by atoms with van der Waals surface area (Å²) in [5, 5.41) is 18.3. The fourth-order valence-corrected chi connectivity index (χ4v) is 2.18. The monoisotopic (exact) mass is 213 g/mol. The summed E-state index contributed by atoms with van der Waals surface area (Å²) in [7, 11) is 0. The molecule has 5 nitrogen and oxygen atoms in total. The number of hydrogen-bond donors (Lipinski definition) is 2. The highest BCUT2D eigenvalue weighted by molar-refractivity contribution is 5.86. The fourth-order valence-electron chi connectivity index (χ4n) is 2.18. The largest absolute Gasteiger partial charge is 0.480 e. The normalized spacial score (nSPS) is 31.4. The lowest BCUT2D eigenvalue weighted by Crippen LogP contribution is -2.45. The number of aliphatic hydroxyl groups is 1. The zero-order chi connectivity index (χ0) is 11.0. The smallest absolute Gasteiger partial charge is 0.326 e. The highest BCUT2D eigenvalue weighted by Gasteiger charge is 2.42. The van der Waals surface area contributed by atoms with Crippen LogP contribution in [0, 0.1) is 5.92 Å². The Hall–Kier alpha value is -1.10. The van der Waals surface area contributed by atoms with Crippen molar-refractivity contribution in [3.05, 3.63) is 0 Å². The summed E-state index contributed by atoms with van der Waals surface area (Å²) in [6.07, 6.45) is 2.24. The van der Waals surface area contributed by atoms with E-state index in [2.05, 4.69) is 0 Å². The molecule has 1 aliphatic heterocycles. The first-order valence-corrected chi connectivity index (χ1v) is 5.31. The number of carboxylic acids is 1. The first kappa shape index (κ1) is 10.4. The van der Waals surface area contributed by atoms with Crippen LogP contribution in [-0.4, -0.2) is 45.7 Å². The molecule has 0 bridgehead atoms. The summed E-state index contributed by atoms with van der Waals surface area (Å²) in [5.41, 5.74) is 0. The van der Waals surface area contributed by atoms with Gasteiger partial charge in [-0.05, 0) is 12.8 Å². The summed E-state index contributed by atoms with van der Waals surface area (Å²) < 4.78 is 0. The van der Waals surface area contributed by atoms with E-state index in [9.17, 15) is 14.7 Å². The average molecular weight is 213 g/mol. The lowest BCUT2D eigenvalue weighted by atomic mass is 9.84. The lowest BCUT2D eigenvalue weighted by molar-refractivity contribution is -0.151. The molecule has 1 saturated carbocycles. The topological polar surface area (TPSA) is 77.8 Å². The van der Waals surface area contributed by atoms with Crippen molar-refractivity contribution in [2.45, 2.75) is 37.8 Å². The minimum atomic E-state index is -1.01. The number of β-amino-alcohol motifs (C(OH)–C–C–N with tert-alkyl or cyclic N) is 1. The van der Waals surface area contributed by atoms with Crippen molar-refractivity contribution >= 4 is 11.9 Å². The van der Waals surface area contributed by atoms with E-state index in [0.717, 1.165) is 19.3 Å². The van der Waals surface area contributed by atoms with Gasteiger partial charge >= 0.3 is 5.97 Å². The Morgan fingerprint density at radius 3 is 2.40 bits per heavy atom. The SMILES string of the molecule is O=C(O)[C@H]1C[C@@H](O)CN1C(=O)C1CCC1. The first-order chi connectivity index (χ1) is 7.09. The molecule has 1 aliphatic carbocycles. The van der Waals surface area contributed by atoms with E-state index >= 15 is 0 Å². The maximum Gasteiger partial charge on any atom is 0.326 e. The molecule has 0 radical (unpaired) electrons. The van der Waals surface area contributed by atoms with Crippen LogP contribution in [0.3, 0.4) is 0 Å². The van der Waals surface area contributed by atoms with Crippen LogP contribution in [-0.2, 0) is 9.59 Å². The van der Waals surface area contributed by atoms with Gasteiger partial charge in [0.1, 0.15) is 6.04 Å². The molecule has 1 saturated heterocycles. The van der Waals surface area contributed by atoms with Crippen LogP contribution in [0.1, 0.15) is 25.7 Å². The van der Waals surface area contributed by atoms with Crippen LogP contribution in [0.4, 0.5) is 0 Å². The summed E-state index contributed by atoms with van der Waals surface area (Å²) in [4.78, 5) is 24.1. The molecule has 0 aromatic heterocycles.